The zero-order chi connectivity index (χ0) is 21.5. The number of hydrogen-bond acceptors (Lipinski definition) is 3. The maximum atomic E-state index is 12.1. The van der Waals surface area contributed by atoms with Gasteiger partial charge in [0, 0.05) is 32.4 Å². The van der Waals surface area contributed by atoms with Gasteiger partial charge in [-0.15, -0.1) is 0 Å². The van der Waals surface area contributed by atoms with Crippen molar-refractivity contribution in [3.63, 3.8) is 0 Å². The Morgan fingerprint density at radius 3 is 2.40 bits per heavy atom. The molecule has 0 aliphatic carbocycles. The topological polar surface area (TPSA) is 47.6 Å². The van der Waals surface area contributed by atoms with Crippen LogP contribution in [0.3, 0.4) is 0 Å². The van der Waals surface area contributed by atoms with E-state index in [2.05, 4.69) is 5.32 Å². The van der Waals surface area contributed by atoms with E-state index in [1.807, 2.05) is 6.07 Å². The van der Waals surface area contributed by atoms with Gasteiger partial charge in [0.2, 0.25) is 5.91 Å². The van der Waals surface area contributed by atoms with Crippen LogP contribution in [0.1, 0.15) is 11.1 Å². The number of hydrogen-bond donors (Lipinski definition) is 1. The number of methoxy groups -OCH3 is 1. The Labute approximate surface area is 190 Å². The summed E-state index contributed by atoms with van der Waals surface area (Å²) < 4.78 is 11.2. The average Bonchev–Trinajstić information content (AvgIpc) is 2.72. The number of ether oxygens (including phenoxy) is 2. The van der Waals surface area contributed by atoms with Gasteiger partial charge >= 0.3 is 0 Å². The third kappa shape index (κ3) is 5.92. The van der Waals surface area contributed by atoms with Crippen molar-refractivity contribution in [1.29, 1.82) is 0 Å². The Morgan fingerprint density at radius 2 is 1.70 bits per heavy atom. The Balaban J connectivity index is 1.67. The zero-order valence-electron chi connectivity index (χ0n) is 16.0. The van der Waals surface area contributed by atoms with Crippen LogP contribution >= 0.6 is 34.8 Å². The van der Waals surface area contributed by atoms with Crippen molar-refractivity contribution >= 4 is 52.5 Å². The van der Waals surface area contributed by atoms with E-state index in [-0.39, 0.29) is 12.5 Å². The fraction of sp³-hybridized carbons (Fsp3) is 0.0870. The molecule has 0 aromatic heterocycles. The smallest absolute Gasteiger partial charge is 0.248 e. The summed E-state index contributed by atoms with van der Waals surface area (Å²) in [5.41, 5.74) is 2.09. The molecule has 0 fully saturated rings. The number of nitrogens with one attached hydrogen (secondary N) is 1. The summed E-state index contributed by atoms with van der Waals surface area (Å²) in [6.45, 7) is 0.200. The largest absolute Gasteiger partial charge is 0.493 e. The number of benzene rings is 3. The van der Waals surface area contributed by atoms with Gasteiger partial charge in [-0.25, -0.2) is 0 Å². The zero-order valence-corrected chi connectivity index (χ0v) is 18.3. The molecule has 0 spiro atoms. The van der Waals surface area contributed by atoms with E-state index < -0.39 is 0 Å². The molecule has 0 radical (unpaired) electrons. The van der Waals surface area contributed by atoms with Gasteiger partial charge in [-0.3, -0.25) is 4.79 Å². The molecule has 30 heavy (non-hydrogen) atoms. The maximum Gasteiger partial charge on any atom is 0.248 e. The lowest BCUT2D eigenvalue weighted by Gasteiger charge is -2.13. The standard InChI is InChI=1S/C23H18Cl3NO3/c1-29-22-12-15(9-11-23(28)27-17-5-2-4-16(24)13-17)8-10-21(22)30-14-18-19(25)6-3-7-20(18)26/h2-13H,14H2,1H3,(H,27,28). The van der Waals surface area contributed by atoms with E-state index in [1.54, 1.807) is 67.8 Å². The minimum absolute atomic E-state index is 0.200. The van der Waals surface area contributed by atoms with Crippen molar-refractivity contribution in [2.75, 3.05) is 12.4 Å². The summed E-state index contributed by atoms with van der Waals surface area (Å²) in [6.07, 6.45) is 3.11. The van der Waals surface area contributed by atoms with E-state index >= 15 is 0 Å². The molecular formula is C23H18Cl3NO3. The molecule has 0 atom stereocenters. The third-order valence-corrected chi connectivity index (χ3v) is 5.08. The van der Waals surface area contributed by atoms with Crippen LogP contribution in [0.15, 0.2) is 66.7 Å². The summed E-state index contributed by atoms with van der Waals surface area (Å²) in [7, 11) is 1.55. The second kappa shape index (κ2) is 10.4. The van der Waals surface area contributed by atoms with E-state index in [0.29, 0.717) is 37.8 Å². The Morgan fingerprint density at radius 1 is 0.967 bits per heavy atom. The van der Waals surface area contributed by atoms with Crippen molar-refractivity contribution in [1.82, 2.24) is 0 Å². The van der Waals surface area contributed by atoms with E-state index in [1.165, 1.54) is 6.08 Å². The minimum Gasteiger partial charge on any atom is -0.493 e. The predicted molar refractivity (Wildman–Crippen MR) is 123 cm³/mol. The van der Waals surface area contributed by atoms with Gasteiger partial charge < -0.3 is 14.8 Å². The number of carbonyl (C=O) groups excluding carboxylic acids is 1. The summed E-state index contributed by atoms with van der Waals surface area (Å²) in [5.74, 6) is 0.787. The predicted octanol–water partition coefficient (Wildman–Crippen LogP) is 6.89. The van der Waals surface area contributed by atoms with Crippen LogP contribution in [-0.4, -0.2) is 13.0 Å². The second-order valence-electron chi connectivity index (χ2n) is 6.23. The first-order valence-electron chi connectivity index (χ1n) is 8.94. The summed E-state index contributed by atoms with van der Waals surface area (Å²) >= 11 is 18.3. The van der Waals surface area contributed by atoms with Crippen LogP contribution in [0.5, 0.6) is 11.5 Å². The monoisotopic (exact) mass is 461 g/mol. The van der Waals surface area contributed by atoms with Crippen LogP contribution in [0.25, 0.3) is 6.08 Å². The Kier molecular flexibility index (Phi) is 7.63. The second-order valence-corrected chi connectivity index (χ2v) is 7.48. The minimum atomic E-state index is -0.273. The first-order valence-corrected chi connectivity index (χ1v) is 10.1. The fourth-order valence-corrected chi connectivity index (χ4v) is 3.35. The van der Waals surface area contributed by atoms with Gasteiger partial charge in [-0.05, 0) is 54.1 Å². The molecule has 0 saturated heterocycles. The van der Waals surface area contributed by atoms with Gasteiger partial charge in [0.05, 0.1) is 7.11 Å². The van der Waals surface area contributed by atoms with E-state index in [9.17, 15) is 4.79 Å². The number of rotatable bonds is 7. The summed E-state index contributed by atoms with van der Waals surface area (Å²) in [5, 5.41) is 4.37. The molecule has 0 saturated carbocycles. The molecule has 4 nitrogen and oxygen atoms in total. The molecule has 0 heterocycles. The van der Waals surface area contributed by atoms with Crippen LogP contribution in [0.2, 0.25) is 15.1 Å². The van der Waals surface area contributed by atoms with E-state index in [0.717, 1.165) is 5.56 Å². The first kappa shape index (κ1) is 22.0. The molecule has 0 aliphatic heterocycles. The van der Waals surface area contributed by atoms with Gasteiger partial charge in [0.1, 0.15) is 6.61 Å². The highest BCUT2D eigenvalue weighted by atomic mass is 35.5. The number of anilines is 1. The van der Waals surface area contributed by atoms with Crippen LogP contribution < -0.4 is 14.8 Å². The van der Waals surface area contributed by atoms with E-state index in [4.69, 9.17) is 44.3 Å². The molecule has 0 aliphatic rings. The van der Waals surface area contributed by atoms with Crippen molar-refractivity contribution < 1.29 is 14.3 Å². The number of halogens is 3. The number of amides is 1. The lowest BCUT2D eigenvalue weighted by atomic mass is 10.2. The molecule has 3 aromatic rings. The molecule has 1 N–H and O–H groups in total. The molecule has 7 heteroatoms. The fourth-order valence-electron chi connectivity index (χ4n) is 2.65. The summed E-state index contributed by atoms with van der Waals surface area (Å²) in [6, 6.07) is 17.6. The van der Waals surface area contributed by atoms with Crippen molar-refractivity contribution in [3.8, 4) is 11.5 Å². The van der Waals surface area contributed by atoms with Gasteiger partial charge in [0.25, 0.3) is 0 Å². The lowest BCUT2D eigenvalue weighted by Crippen LogP contribution is -2.07. The summed E-state index contributed by atoms with van der Waals surface area (Å²) in [4.78, 5) is 12.1. The highest BCUT2D eigenvalue weighted by Gasteiger charge is 2.10. The average molecular weight is 463 g/mol. The third-order valence-electron chi connectivity index (χ3n) is 4.14. The number of carbonyl (C=O) groups is 1. The maximum absolute atomic E-state index is 12.1. The van der Waals surface area contributed by atoms with Crippen molar-refractivity contribution in [3.05, 3.63) is 92.9 Å². The molecular weight excluding hydrogens is 445 g/mol. The van der Waals surface area contributed by atoms with Crippen LogP contribution in [0.4, 0.5) is 5.69 Å². The molecule has 3 aromatic carbocycles. The highest BCUT2D eigenvalue weighted by molar-refractivity contribution is 6.36. The molecule has 0 bridgehead atoms. The quantitative estimate of drug-likeness (QED) is 0.389. The molecule has 1 amide bonds. The van der Waals surface area contributed by atoms with Crippen molar-refractivity contribution in [2.24, 2.45) is 0 Å². The highest BCUT2D eigenvalue weighted by Crippen LogP contribution is 2.31. The van der Waals surface area contributed by atoms with Gasteiger partial charge in [-0.2, -0.15) is 0 Å². The SMILES string of the molecule is COc1cc(C=CC(=O)Nc2cccc(Cl)c2)ccc1OCc1c(Cl)cccc1Cl. The Bertz CT molecular complexity index is 1060. The molecule has 0 unspecified atom stereocenters. The Hall–Kier alpha value is -2.66. The van der Waals surface area contributed by atoms with Crippen LogP contribution in [-0.2, 0) is 11.4 Å². The lowest BCUT2D eigenvalue weighted by molar-refractivity contribution is -0.111. The van der Waals surface area contributed by atoms with Gasteiger partial charge in [-0.1, -0.05) is 53.0 Å². The van der Waals surface area contributed by atoms with Gasteiger partial charge in [0.15, 0.2) is 11.5 Å². The molecule has 154 valence electrons. The first-order chi connectivity index (χ1) is 14.5. The van der Waals surface area contributed by atoms with Crippen molar-refractivity contribution in [2.45, 2.75) is 6.61 Å². The normalized spacial score (nSPS) is 10.8. The molecule has 3 rings (SSSR count). The van der Waals surface area contributed by atoms with Crippen LogP contribution in [0, 0.1) is 0 Å².